The topological polar surface area (TPSA) is 118 Å². The smallest absolute Gasteiger partial charge is 0.327 e. The molecule has 1 aromatic heterocycles. The fourth-order valence-electron chi connectivity index (χ4n) is 2.64. The Kier molecular flexibility index (Phi) is 6.86. The van der Waals surface area contributed by atoms with E-state index in [-0.39, 0.29) is 11.8 Å². The number of carbonyl (C=O) groups excluding carboxylic acids is 3. The Morgan fingerprint density at radius 1 is 1.10 bits per heavy atom. The van der Waals surface area contributed by atoms with Crippen LogP contribution in [0.5, 0.6) is 0 Å². The van der Waals surface area contributed by atoms with Gasteiger partial charge in [-0.15, -0.1) is 10.2 Å². The molecule has 1 aromatic carbocycles. The summed E-state index contributed by atoms with van der Waals surface area (Å²) >= 11 is 1.24. The average Bonchev–Trinajstić information content (AvgIpc) is 3.46. The highest BCUT2D eigenvalue weighted by atomic mass is 32.2. The van der Waals surface area contributed by atoms with E-state index in [4.69, 9.17) is 0 Å². The first kappa shape index (κ1) is 20.8. The summed E-state index contributed by atoms with van der Waals surface area (Å²) in [5.41, 5.74) is 5.47. The molecular weight excluding hydrogens is 392 g/mol. The number of hydrogen-bond donors (Lipinski definition) is 3. The summed E-state index contributed by atoms with van der Waals surface area (Å²) in [6, 6.07) is 9.83. The van der Waals surface area contributed by atoms with Gasteiger partial charge < -0.3 is 9.88 Å². The monoisotopic (exact) mass is 416 g/mol. The van der Waals surface area contributed by atoms with E-state index in [1.165, 1.54) is 11.8 Å². The predicted octanol–water partition coefficient (Wildman–Crippen LogP) is 0.968. The zero-order valence-electron chi connectivity index (χ0n) is 16.3. The Bertz CT molecular complexity index is 879. The number of carbonyl (C=O) groups is 3. The molecule has 29 heavy (non-hydrogen) atoms. The second-order valence-corrected chi connectivity index (χ2v) is 8.05. The first-order chi connectivity index (χ1) is 13.9. The lowest BCUT2D eigenvalue weighted by molar-refractivity contribution is -0.141. The summed E-state index contributed by atoms with van der Waals surface area (Å²) < 4.78 is 2.04. The molecule has 3 rings (SSSR count). The van der Waals surface area contributed by atoms with Crippen LogP contribution in [-0.2, 0) is 20.9 Å². The number of thioether (sulfide) groups is 1. The van der Waals surface area contributed by atoms with Gasteiger partial charge in [0.15, 0.2) is 5.16 Å². The summed E-state index contributed by atoms with van der Waals surface area (Å²) in [5.74, 6) is -0.764. The molecule has 3 amide bonds. The van der Waals surface area contributed by atoms with E-state index in [0.29, 0.717) is 17.6 Å². The van der Waals surface area contributed by atoms with E-state index in [0.717, 1.165) is 24.2 Å². The molecule has 0 atom stereocenters. The zero-order valence-corrected chi connectivity index (χ0v) is 17.2. The van der Waals surface area contributed by atoms with E-state index in [9.17, 15) is 14.4 Å². The van der Waals surface area contributed by atoms with Gasteiger partial charge >= 0.3 is 11.8 Å². The van der Waals surface area contributed by atoms with E-state index < -0.39 is 17.7 Å². The van der Waals surface area contributed by atoms with Gasteiger partial charge in [0.2, 0.25) is 5.91 Å². The highest BCUT2D eigenvalue weighted by Crippen LogP contribution is 2.40. The highest BCUT2D eigenvalue weighted by molar-refractivity contribution is 7.99. The van der Waals surface area contributed by atoms with Crippen LogP contribution in [0.2, 0.25) is 0 Å². The van der Waals surface area contributed by atoms with Crippen LogP contribution in [0.4, 0.5) is 0 Å². The normalized spacial score (nSPS) is 13.2. The van der Waals surface area contributed by atoms with E-state index >= 15 is 0 Å². The molecule has 0 bridgehead atoms. The number of benzene rings is 1. The fourth-order valence-corrected chi connectivity index (χ4v) is 3.39. The van der Waals surface area contributed by atoms with Crippen molar-refractivity contribution in [1.82, 2.24) is 30.9 Å². The minimum atomic E-state index is -0.916. The standard InChI is InChI=1S/C19H24N6O3S/c1-12(2)20-17(27)18(28)23-21-15(26)11-29-19-24-22-16(14-8-9-14)25(19)10-13-6-4-3-5-7-13/h3-7,12,14H,8-11H2,1-2H3,(H,20,27)(H,21,26)(H,23,28). The molecule has 1 aliphatic carbocycles. The Hall–Kier alpha value is -2.88. The third-order valence-corrected chi connectivity index (χ3v) is 5.11. The van der Waals surface area contributed by atoms with Crippen LogP contribution in [0.25, 0.3) is 0 Å². The van der Waals surface area contributed by atoms with E-state index in [1.54, 1.807) is 13.8 Å². The Balaban J connectivity index is 1.55. The van der Waals surface area contributed by atoms with Crippen molar-refractivity contribution in [3.8, 4) is 0 Å². The predicted molar refractivity (Wildman–Crippen MR) is 108 cm³/mol. The van der Waals surface area contributed by atoms with E-state index in [2.05, 4.69) is 26.4 Å². The minimum absolute atomic E-state index is 0.0314. The van der Waals surface area contributed by atoms with Crippen molar-refractivity contribution in [3.05, 3.63) is 41.7 Å². The lowest BCUT2D eigenvalue weighted by atomic mass is 10.2. The van der Waals surface area contributed by atoms with Crippen molar-refractivity contribution < 1.29 is 14.4 Å². The third-order valence-electron chi connectivity index (χ3n) is 4.15. The number of aromatic nitrogens is 3. The molecule has 10 heteroatoms. The van der Waals surface area contributed by atoms with Crippen LogP contribution in [0, 0.1) is 0 Å². The van der Waals surface area contributed by atoms with Crippen LogP contribution < -0.4 is 16.2 Å². The lowest BCUT2D eigenvalue weighted by Crippen LogP contribution is -2.50. The van der Waals surface area contributed by atoms with Gasteiger partial charge in [0.1, 0.15) is 5.82 Å². The molecule has 0 aliphatic heterocycles. The maximum Gasteiger partial charge on any atom is 0.327 e. The average molecular weight is 417 g/mol. The number of nitrogens with zero attached hydrogens (tertiary/aromatic N) is 3. The summed E-state index contributed by atoms with van der Waals surface area (Å²) in [7, 11) is 0. The van der Waals surface area contributed by atoms with Crippen molar-refractivity contribution in [1.29, 1.82) is 0 Å². The van der Waals surface area contributed by atoms with Crippen molar-refractivity contribution in [2.45, 2.75) is 50.4 Å². The second kappa shape index (κ2) is 9.55. The van der Waals surface area contributed by atoms with Gasteiger partial charge in [-0.3, -0.25) is 25.2 Å². The van der Waals surface area contributed by atoms with Gasteiger partial charge in [-0.1, -0.05) is 42.1 Å². The quantitative estimate of drug-likeness (QED) is 0.352. The fraction of sp³-hybridized carbons (Fsp3) is 0.421. The number of hydrazine groups is 1. The van der Waals surface area contributed by atoms with Crippen LogP contribution in [0.15, 0.2) is 35.5 Å². The van der Waals surface area contributed by atoms with Crippen LogP contribution in [0.3, 0.4) is 0 Å². The summed E-state index contributed by atoms with van der Waals surface area (Å²) in [4.78, 5) is 35.2. The maximum absolute atomic E-state index is 12.1. The Labute approximate surface area is 173 Å². The molecule has 0 saturated heterocycles. The SMILES string of the molecule is CC(C)NC(=O)C(=O)NNC(=O)CSc1nnc(C2CC2)n1Cc1ccccc1. The second-order valence-electron chi connectivity index (χ2n) is 7.11. The molecule has 0 radical (unpaired) electrons. The number of amides is 3. The summed E-state index contributed by atoms with van der Waals surface area (Å²) in [6.07, 6.45) is 2.20. The number of nitrogens with one attached hydrogen (secondary N) is 3. The van der Waals surface area contributed by atoms with Crippen molar-refractivity contribution in [2.24, 2.45) is 0 Å². The van der Waals surface area contributed by atoms with E-state index in [1.807, 2.05) is 34.9 Å². The van der Waals surface area contributed by atoms with Gasteiger partial charge in [0.05, 0.1) is 12.3 Å². The molecule has 1 fully saturated rings. The summed E-state index contributed by atoms with van der Waals surface area (Å²) in [6.45, 7) is 4.11. The van der Waals surface area contributed by atoms with Crippen LogP contribution in [0.1, 0.15) is 44.0 Å². The van der Waals surface area contributed by atoms with Gasteiger partial charge in [-0.25, -0.2) is 0 Å². The third kappa shape index (κ3) is 6.05. The molecule has 3 N–H and O–H groups in total. The van der Waals surface area contributed by atoms with Crippen molar-refractivity contribution >= 4 is 29.5 Å². The summed E-state index contributed by atoms with van der Waals surface area (Å²) in [5, 5.41) is 11.7. The molecule has 1 aliphatic rings. The molecule has 154 valence electrons. The molecule has 1 heterocycles. The van der Waals surface area contributed by atoms with Crippen molar-refractivity contribution in [2.75, 3.05) is 5.75 Å². The van der Waals surface area contributed by atoms with Gasteiger partial charge in [-0.05, 0) is 32.3 Å². The Morgan fingerprint density at radius 2 is 1.83 bits per heavy atom. The minimum Gasteiger partial charge on any atom is -0.346 e. The molecule has 9 nitrogen and oxygen atoms in total. The Morgan fingerprint density at radius 3 is 2.48 bits per heavy atom. The molecular formula is C19H24N6O3S. The molecule has 1 saturated carbocycles. The van der Waals surface area contributed by atoms with Gasteiger partial charge in [-0.2, -0.15) is 0 Å². The van der Waals surface area contributed by atoms with Gasteiger partial charge in [0.25, 0.3) is 0 Å². The highest BCUT2D eigenvalue weighted by Gasteiger charge is 2.30. The number of hydrogen-bond acceptors (Lipinski definition) is 6. The van der Waals surface area contributed by atoms with Crippen molar-refractivity contribution in [3.63, 3.8) is 0 Å². The molecule has 2 aromatic rings. The van der Waals surface area contributed by atoms with Crippen LogP contribution >= 0.6 is 11.8 Å². The molecule has 0 unspecified atom stereocenters. The maximum atomic E-state index is 12.1. The van der Waals surface area contributed by atoms with Gasteiger partial charge in [0, 0.05) is 12.0 Å². The lowest BCUT2D eigenvalue weighted by Gasteiger charge is -2.11. The first-order valence-electron chi connectivity index (χ1n) is 9.43. The largest absolute Gasteiger partial charge is 0.346 e. The molecule has 0 spiro atoms. The first-order valence-corrected chi connectivity index (χ1v) is 10.4. The van der Waals surface area contributed by atoms with Crippen LogP contribution in [-0.4, -0.2) is 44.3 Å². The number of rotatable bonds is 7. The zero-order chi connectivity index (χ0) is 20.8.